The highest BCUT2D eigenvalue weighted by Crippen LogP contribution is 2.25. The Morgan fingerprint density at radius 2 is 2.39 bits per heavy atom. The molecule has 0 bridgehead atoms. The summed E-state index contributed by atoms with van der Waals surface area (Å²) >= 11 is 3.41. The van der Waals surface area contributed by atoms with Gasteiger partial charge < -0.3 is 15.4 Å². The zero-order chi connectivity index (χ0) is 13.1. The van der Waals surface area contributed by atoms with Crippen LogP contribution >= 0.6 is 15.9 Å². The maximum Gasteiger partial charge on any atom is 0.100 e. The summed E-state index contributed by atoms with van der Waals surface area (Å²) in [6.45, 7) is 4.28. The molecule has 2 atom stereocenters. The molecule has 2 N–H and O–H groups in total. The summed E-state index contributed by atoms with van der Waals surface area (Å²) in [5.41, 5.74) is 7.62. The van der Waals surface area contributed by atoms with E-state index >= 15 is 0 Å². The van der Waals surface area contributed by atoms with E-state index in [2.05, 4.69) is 26.9 Å². The van der Waals surface area contributed by atoms with E-state index in [0.29, 0.717) is 12.2 Å². The van der Waals surface area contributed by atoms with Crippen LogP contribution < -0.4 is 10.6 Å². The van der Waals surface area contributed by atoms with Gasteiger partial charge in [0.15, 0.2) is 0 Å². The number of rotatable bonds is 2. The van der Waals surface area contributed by atoms with Crippen LogP contribution in [-0.4, -0.2) is 31.8 Å². The van der Waals surface area contributed by atoms with Crippen LogP contribution in [0, 0.1) is 11.3 Å². The third-order valence-corrected chi connectivity index (χ3v) is 3.77. The standard InChI is InChI=1S/C13H16BrN3O/c1-9(16)13-8-17(4-5-18-13)11-3-2-10(7-15)12(14)6-11/h2-3,6,9,13H,4-5,8,16H2,1H3. The van der Waals surface area contributed by atoms with Gasteiger partial charge in [0, 0.05) is 29.3 Å². The normalized spacial score (nSPS) is 21.4. The topological polar surface area (TPSA) is 62.3 Å². The second kappa shape index (κ2) is 5.70. The molecule has 1 aromatic carbocycles. The highest BCUT2D eigenvalue weighted by Gasteiger charge is 2.23. The first-order valence-corrected chi connectivity index (χ1v) is 6.73. The Bertz CT molecular complexity index is 470. The lowest BCUT2D eigenvalue weighted by Crippen LogP contribution is -2.49. The molecular formula is C13H16BrN3O. The number of anilines is 1. The molecule has 0 aromatic heterocycles. The Morgan fingerprint density at radius 3 is 3.00 bits per heavy atom. The molecule has 18 heavy (non-hydrogen) atoms. The molecule has 0 radical (unpaired) electrons. The fourth-order valence-corrected chi connectivity index (χ4v) is 2.47. The van der Waals surface area contributed by atoms with Gasteiger partial charge in [-0.2, -0.15) is 5.26 Å². The van der Waals surface area contributed by atoms with Crippen molar-refractivity contribution in [2.45, 2.75) is 19.1 Å². The summed E-state index contributed by atoms with van der Waals surface area (Å²) in [6.07, 6.45) is 0.0631. The molecule has 0 amide bonds. The van der Waals surface area contributed by atoms with Crippen molar-refractivity contribution >= 4 is 21.6 Å². The molecular weight excluding hydrogens is 294 g/mol. The Labute approximate surface area is 115 Å². The van der Waals surface area contributed by atoms with Crippen molar-refractivity contribution in [1.82, 2.24) is 0 Å². The van der Waals surface area contributed by atoms with Gasteiger partial charge in [0.2, 0.25) is 0 Å². The van der Waals surface area contributed by atoms with Crippen LogP contribution in [0.15, 0.2) is 22.7 Å². The Kier molecular flexibility index (Phi) is 4.23. The zero-order valence-corrected chi connectivity index (χ0v) is 11.9. The van der Waals surface area contributed by atoms with Gasteiger partial charge in [0.25, 0.3) is 0 Å². The van der Waals surface area contributed by atoms with Crippen LogP contribution in [0.2, 0.25) is 0 Å². The second-order valence-corrected chi connectivity index (χ2v) is 5.34. The molecule has 1 aliphatic heterocycles. The van der Waals surface area contributed by atoms with Crippen molar-refractivity contribution in [2.75, 3.05) is 24.6 Å². The van der Waals surface area contributed by atoms with E-state index in [1.807, 2.05) is 25.1 Å². The molecule has 1 saturated heterocycles. The van der Waals surface area contributed by atoms with Gasteiger partial charge in [-0.15, -0.1) is 0 Å². The minimum Gasteiger partial charge on any atom is -0.373 e. The first-order valence-electron chi connectivity index (χ1n) is 5.93. The summed E-state index contributed by atoms with van der Waals surface area (Å²) in [6, 6.07) is 7.93. The van der Waals surface area contributed by atoms with Crippen molar-refractivity contribution in [3.63, 3.8) is 0 Å². The highest BCUT2D eigenvalue weighted by molar-refractivity contribution is 9.10. The van der Waals surface area contributed by atoms with Crippen molar-refractivity contribution < 1.29 is 4.74 Å². The Hall–Kier alpha value is -1.09. The molecule has 1 heterocycles. The van der Waals surface area contributed by atoms with E-state index in [9.17, 15) is 0 Å². The van der Waals surface area contributed by atoms with Crippen LogP contribution in [0.3, 0.4) is 0 Å². The van der Waals surface area contributed by atoms with Gasteiger partial charge in [0.05, 0.1) is 18.3 Å². The summed E-state index contributed by atoms with van der Waals surface area (Å²) in [5, 5.41) is 8.90. The molecule has 1 aliphatic rings. The third-order valence-electron chi connectivity index (χ3n) is 3.12. The van der Waals surface area contributed by atoms with E-state index in [-0.39, 0.29) is 12.1 Å². The van der Waals surface area contributed by atoms with Gasteiger partial charge in [-0.25, -0.2) is 0 Å². The van der Waals surface area contributed by atoms with Gasteiger partial charge >= 0.3 is 0 Å². The van der Waals surface area contributed by atoms with Crippen LogP contribution in [0.4, 0.5) is 5.69 Å². The summed E-state index contributed by atoms with van der Waals surface area (Å²) in [4.78, 5) is 2.24. The number of benzene rings is 1. The Morgan fingerprint density at radius 1 is 1.61 bits per heavy atom. The van der Waals surface area contributed by atoms with Crippen LogP contribution in [-0.2, 0) is 4.74 Å². The van der Waals surface area contributed by atoms with E-state index < -0.39 is 0 Å². The predicted molar refractivity (Wildman–Crippen MR) is 74.5 cm³/mol. The number of nitrogens with two attached hydrogens (primary N) is 1. The average Bonchev–Trinajstić information content (AvgIpc) is 2.38. The van der Waals surface area contributed by atoms with Crippen molar-refractivity contribution in [1.29, 1.82) is 5.26 Å². The fourth-order valence-electron chi connectivity index (χ4n) is 2.02. The quantitative estimate of drug-likeness (QED) is 0.906. The first kappa shape index (κ1) is 13.3. The largest absolute Gasteiger partial charge is 0.373 e. The molecule has 2 unspecified atom stereocenters. The second-order valence-electron chi connectivity index (χ2n) is 4.49. The van der Waals surface area contributed by atoms with Gasteiger partial charge in [-0.3, -0.25) is 0 Å². The zero-order valence-electron chi connectivity index (χ0n) is 10.3. The third kappa shape index (κ3) is 2.83. The monoisotopic (exact) mass is 309 g/mol. The van der Waals surface area contributed by atoms with E-state index in [1.54, 1.807) is 0 Å². The molecule has 2 rings (SSSR count). The number of halogens is 1. The summed E-state index contributed by atoms with van der Waals surface area (Å²) < 4.78 is 6.46. The minimum absolute atomic E-state index is 0.0228. The molecule has 4 nitrogen and oxygen atoms in total. The molecule has 5 heteroatoms. The summed E-state index contributed by atoms with van der Waals surface area (Å²) in [7, 11) is 0. The molecule has 0 aliphatic carbocycles. The lowest BCUT2D eigenvalue weighted by Gasteiger charge is -2.36. The smallest absolute Gasteiger partial charge is 0.100 e. The summed E-state index contributed by atoms with van der Waals surface area (Å²) in [5.74, 6) is 0. The number of ether oxygens (including phenoxy) is 1. The fraction of sp³-hybridized carbons (Fsp3) is 0.462. The molecule has 0 spiro atoms. The lowest BCUT2D eigenvalue weighted by molar-refractivity contribution is 0.0276. The van der Waals surface area contributed by atoms with Crippen LogP contribution in [0.5, 0.6) is 0 Å². The van der Waals surface area contributed by atoms with Gasteiger partial charge in [-0.05, 0) is 41.1 Å². The molecule has 0 saturated carbocycles. The highest BCUT2D eigenvalue weighted by atomic mass is 79.9. The SMILES string of the molecule is CC(N)C1CN(c2ccc(C#N)c(Br)c2)CCO1. The van der Waals surface area contributed by atoms with Crippen LogP contribution in [0.1, 0.15) is 12.5 Å². The van der Waals surface area contributed by atoms with Crippen LogP contribution in [0.25, 0.3) is 0 Å². The number of hydrogen-bond donors (Lipinski definition) is 1. The maximum absolute atomic E-state index is 8.90. The average molecular weight is 310 g/mol. The predicted octanol–water partition coefficient (Wildman–Crippen LogP) is 1.87. The lowest BCUT2D eigenvalue weighted by atomic mass is 10.1. The van der Waals surface area contributed by atoms with Gasteiger partial charge in [-0.1, -0.05) is 0 Å². The molecule has 1 aromatic rings. The van der Waals surface area contributed by atoms with E-state index in [4.69, 9.17) is 15.7 Å². The number of hydrogen-bond acceptors (Lipinski definition) is 4. The number of nitriles is 1. The molecule has 1 fully saturated rings. The minimum atomic E-state index is 0.0228. The Balaban J connectivity index is 2.16. The number of nitrogens with zero attached hydrogens (tertiary/aromatic N) is 2. The van der Waals surface area contributed by atoms with Gasteiger partial charge in [0.1, 0.15) is 6.07 Å². The molecule has 96 valence electrons. The van der Waals surface area contributed by atoms with Crippen molar-refractivity contribution in [3.05, 3.63) is 28.2 Å². The van der Waals surface area contributed by atoms with E-state index in [0.717, 1.165) is 23.2 Å². The first-order chi connectivity index (χ1) is 8.61. The maximum atomic E-state index is 8.90. The van der Waals surface area contributed by atoms with E-state index in [1.165, 1.54) is 0 Å². The van der Waals surface area contributed by atoms with Crippen molar-refractivity contribution in [3.8, 4) is 6.07 Å². The van der Waals surface area contributed by atoms with Crippen molar-refractivity contribution in [2.24, 2.45) is 5.73 Å². The number of morpholine rings is 1.